The molecule has 3 rings (SSSR count). The maximum Gasteiger partial charge on any atom is 0.228 e. The number of imidazole rings is 1. The standard InChI is InChI=1S/C25H38N4O5S/c1-20(2)24(30)28(10-9-27-11-15-34-16-12-27)18-23-17-26-25(29(23)13-14-33-4)35(31,32)19-22-7-5-21(3)6-8-22/h5-8,17,20H,9-16,18-19H2,1-4H3. The van der Waals surface area contributed by atoms with Crippen LogP contribution in [-0.4, -0.2) is 86.8 Å². The molecule has 1 amide bonds. The number of rotatable bonds is 12. The van der Waals surface area contributed by atoms with E-state index in [1.807, 2.05) is 45.0 Å². The maximum absolute atomic E-state index is 13.3. The molecule has 0 bridgehead atoms. The van der Waals surface area contributed by atoms with Gasteiger partial charge in [0.05, 0.1) is 44.0 Å². The maximum atomic E-state index is 13.3. The molecule has 0 saturated carbocycles. The molecule has 1 saturated heterocycles. The van der Waals surface area contributed by atoms with Crippen LogP contribution >= 0.6 is 0 Å². The highest BCUT2D eigenvalue weighted by Crippen LogP contribution is 2.20. The largest absolute Gasteiger partial charge is 0.383 e. The second-order valence-corrected chi connectivity index (χ2v) is 11.2. The van der Waals surface area contributed by atoms with E-state index in [0.29, 0.717) is 44.2 Å². The number of methoxy groups -OCH3 is 1. The summed E-state index contributed by atoms with van der Waals surface area (Å²) in [4.78, 5) is 21.4. The first-order valence-electron chi connectivity index (χ1n) is 12.1. The smallest absolute Gasteiger partial charge is 0.228 e. The molecule has 0 spiro atoms. The van der Waals surface area contributed by atoms with Crippen molar-refractivity contribution in [3.63, 3.8) is 0 Å². The zero-order valence-corrected chi connectivity index (χ0v) is 22.1. The Kier molecular flexibility index (Phi) is 9.85. The summed E-state index contributed by atoms with van der Waals surface area (Å²) in [6.45, 7) is 11.1. The zero-order valence-electron chi connectivity index (χ0n) is 21.3. The van der Waals surface area contributed by atoms with Gasteiger partial charge in [-0.1, -0.05) is 43.7 Å². The second kappa shape index (κ2) is 12.6. The van der Waals surface area contributed by atoms with Crippen LogP contribution in [0.3, 0.4) is 0 Å². The van der Waals surface area contributed by atoms with Crippen LogP contribution in [-0.2, 0) is 42.9 Å². The predicted octanol–water partition coefficient (Wildman–Crippen LogP) is 2.13. The summed E-state index contributed by atoms with van der Waals surface area (Å²) < 4.78 is 39.0. The molecule has 1 aromatic heterocycles. The van der Waals surface area contributed by atoms with Crippen molar-refractivity contribution in [3.05, 3.63) is 47.3 Å². The number of hydrogen-bond donors (Lipinski definition) is 0. The summed E-state index contributed by atoms with van der Waals surface area (Å²) in [5.74, 6) is -0.274. The number of aromatic nitrogens is 2. The van der Waals surface area contributed by atoms with E-state index in [1.54, 1.807) is 22.8 Å². The van der Waals surface area contributed by atoms with Crippen molar-refractivity contribution in [1.82, 2.24) is 19.4 Å². The summed E-state index contributed by atoms with van der Waals surface area (Å²) in [6, 6.07) is 7.45. The first-order valence-corrected chi connectivity index (χ1v) is 13.8. The van der Waals surface area contributed by atoms with Gasteiger partial charge in [-0.2, -0.15) is 0 Å². The van der Waals surface area contributed by atoms with Crippen molar-refractivity contribution in [2.24, 2.45) is 5.92 Å². The molecular weight excluding hydrogens is 468 g/mol. The molecule has 194 valence electrons. The first-order chi connectivity index (χ1) is 16.7. The summed E-state index contributed by atoms with van der Waals surface area (Å²) in [6.07, 6.45) is 1.58. The van der Waals surface area contributed by atoms with Gasteiger partial charge >= 0.3 is 0 Å². The Morgan fingerprint density at radius 1 is 1.17 bits per heavy atom. The van der Waals surface area contributed by atoms with Crippen LogP contribution in [0.2, 0.25) is 0 Å². The van der Waals surface area contributed by atoms with Crippen molar-refractivity contribution in [1.29, 1.82) is 0 Å². The number of carbonyl (C=O) groups excluding carboxylic acids is 1. The van der Waals surface area contributed by atoms with Gasteiger partial charge in [0.15, 0.2) is 0 Å². The minimum Gasteiger partial charge on any atom is -0.383 e. The molecule has 2 aromatic rings. The van der Waals surface area contributed by atoms with E-state index in [1.165, 1.54) is 0 Å². The Bertz CT molecular complexity index is 1060. The van der Waals surface area contributed by atoms with E-state index in [4.69, 9.17) is 9.47 Å². The fraction of sp³-hybridized carbons (Fsp3) is 0.600. The van der Waals surface area contributed by atoms with E-state index in [-0.39, 0.29) is 29.3 Å². The molecule has 0 radical (unpaired) electrons. The quantitative estimate of drug-likeness (QED) is 0.435. The van der Waals surface area contributed by atoms with Crippen LogP contribution < -0.4 is 0 Å². The molecule has 1 aliphatic heterocycles. The highest BCUT2D eigenvalue weighted by atomic mass is 32.2. The molecule has 0 N–H and O–H groups in total. The van der Waals surface area contributed by atoms with Crippen molar-refractivity contribution in [2.45, 2.75) is 44.8 Å². The Morgan fingerprint density at radius 2 is 1.86 bits per heavy atom. The average molecular weight is 507 g/mol. The summed E-state index contributed by atoms with van der Waals surface area (Å²) in [5, 5.41) is 0.00949. The van der Waals surface area contributed by atoms with E-state index < -0.39 is 9.84 Å². The molecule has 1 aromatic carbocycles. The zero-order chi connectivity index (χ0) is 25.4. The Morgan fingerprint density at radius 3 is 2.49 bits per heavy atom. The van der Waals surface area contributed by atoms with Gasteiger partial charge in [-0.3, -0.25) is 9.69 Å². The molecule has 2 heterocycles. The number of carbonyl (C=O) groups is 1. The first kappa shape index (κ1) is 27.3. The number of ether oxygens (including phenoxy) is 2. The van der Waals surface area contributed by atoms with Crippen LogP contribution in [0.4, 0.5) is 0 Å². The second-order valence-electron chi connectivity index (χ2n) is 9.29. The van der Waals surface area contributed by atoms with Gasteiger partial charge in [0.25, 0.3) is 0 Å². The number of nitrogens with zero attached hydrogens (tertiary/aromatic N) is 4. The molecule has 0 unspecified atom stereocenters. The summed E-state index contributed by atoms with van der Waals surface area (Å²) >= 11 is 0. The molecule has 1 fully saturated rings. The van der Waals surface area contributed by atoms with E-state index in [2.05, 4.69) is 9.88 Å². The van der Waals surface area contributed by atoms with Crippen molar-refractivity contribution < 1.29 is 22.7 Å². The van der Waals surface area contributed by atoms with Crippen molar-refractivity contribution in [2.75, 3.05) is 53.1 Å². The summed E-state index contributed by atoms with van der Waals surface area (Å²) in [5.41, 5.74) is 2.46. The fourth-order valence-corrected chi connectivity index (χ4v) is 5.59. The number of sulfone groups is 1. The minimum atomic E-state index is -3.70. The Balaban J connectivity index is 1.84. The van der Waals surface area contributed by atoms with Crippen molar-refractivity contribution in [3.8, 4) is 0 Å². The lowest BCUT2D eigenvalue weighted by molar-refractivity contribution is -0.135. The lowest BCUT2D eigenvalue weighted by atomic mass is 10.2. The third kappa shape index (κ3) is 7.60. The number of benzene rings is 1. The van der Waals surface area contributed by atoms with Gasteiger partial charge in [0, 0.05) is 45.8 Å². The van der Waals surface area contributed by atoms with Crippen LogP contribution in [0, 0.1) is 12.8 Å². The third-order valence-electron chi connectivity index (χ3n) is 6.12. The van der Waals surface area contributed by atoms with Gasteiger partial charge in [-0.05, 0) is 12.5 Å². The van der Waals surface area contributed by atoms with Crippen LogP contribution in [0.25, 0.3) is 0 Å². The SMILES string of the molecule is COCCn1c(CN(CCN2CCOCC2)C(=O)C(C)C)cnc1S(=O)(=O)Cc1ccc(C)cc1. The van der Waals surface area contributed by atoms with Gasteiger partial charge in [-0.25, -0.2) is 13.4 Å². The average Bonchev–Trinajstić information content (AvgIpc) is 3.25. The fourth-order valence-electron chi connectivity index (χ4n) is 4.07. The highest BCUT2D eigenvalue weighted by molar-refractivity contribution is 7.90. The van der Waals surface area contributed by atoms with Gasteiger partial charge in [-0.15, -0.1) is 0 Å². The van der Waals surface area contributed by atoms with Crippen molar-refractivity contribution >= 4 is 15.7 Å². The molecule has 1 aliphatic rings. The number of aryl methyl sites for hydroxylation is 1. The van der Waals surface area contributed by atoms with Crippen LogP contribution in [0.1, 0.15) is 30.7 Å². The molecule has 0 atom stereocenters. The lowest BCUT2D eigenvalue weighted by Gasteiger charge is -2.31. The molecule has 0 aliphatic carbocycles. The molecule has 35 heavy (non-hydrogen) atoms. The summed E-state index contributed by atoms with van der Waals surface area (Å²) in [7, 11) is -2.12. The highest BCUT2D eigenvalue weighted by Gasteiger charge is 2.26. The van der Waals surface area contributed by atoms with Gasteiger partial charge in [0.1, 0.15) is 0 Å². The Labute approximate surface area is 208 Å². The van der Waals surface area contributed by atoms with Gasteiger partial charge in [0.2, 0.25) is 20.9 Å². The number of amides is 1. The molecule has 10 heteroatoms. The minimum absolute atomic E-state index is 0.00949. The number of morpholine rings is 1. The molecule has 9 nitrogen and oxygen atoms in total. The van der Waals surface area contributed by atoms with E-state index >= 15 is 0 Å². The topological polar surface area (TPSA) is 94.0 Å². The normalized spacial score (nSPS) is 15.0. The monoisotopic (exact) mass is 506 g/mol. The predicted molar refractivity (Wildman–Crippen MR) is 134 cm³/mol. The Hall–Kier alpha value is -2.27. The third-order valence-corrected chi connectivity index (χ3v) is 7.72. The van der Waals surface area contributed by atoms with Gasteiger partial charge < -0.3 is 18.9 Å². The molecular formula is C25H38N4O5S. The van der Waals surface area contributed by atoms with Crippen LogP contribution in [0.5, 0.6) is 0 Å². The van der Waals surface area contributed by atoms with E-state index in [9.17, 15) is 13.2 Å². The number of hydrogen-bond acceptors (Lipinski definition) is 7. The van der Waals surface area contributed by atoms with Crippen LogP contribution in [0.15, 0.2) is 35.6 Å². The van der Waals surface area contributed by atoms with E-state index in [0.717, 1.165) is 25.2 Å². The lowest BCUT2D eigenvalue weighted by Crippen LogP contribution is -2.44.